The third kappa shape index (κ3) is 2.36. The maximum atomic E-state index is 4.33. The van der Waals surface area contributed by atoms with Gasteiger partial charge in [0.05, 0.1) is 0 Å². The Morgan fingerprint density at radius 1 is 1.24 bits per heavy atom. The highest BCUT2D eigenvalue weighted by Crippen LogP contribution is 2.51. The molecule has 2 aliphatic rings. The van der Waals surface area contributed by atoms with Crippen LogP contribution in [0.3, 0.4) is 0 Å². The van der Waals surface area contributed by atoms with E-state index in [4.69, 9.17) is 0 Å². The molecule has 2 saturated carbocycles. The van der Waals surface area contributed by atoms with Crippen molar-refractivity contribution in [1.82, 2.24) is 10.3 Å². The van der Waals surface area contributed by atoms with Crippen molar-refractivity contribution >= 4 is 10.8 Å². The van der Waals surface area contributed by atoms with Crippen LogP contribution in [-0.2, 0) is 0 Å². The fourth-order valence-corrected chi connectivity index (χ4v) is 4.81. The summed E-state index contributed by atoms with van der Waals surface area (Å²) in [6.45, 7) is 0. The van der Waals surface area contributed by atoms with Gasteiger partial charge in [0.1, 0.15) is 0 Å². The lowest BCUT2D eigenvalue weighted by molar-refractivity contribution is 0.284. The number of nitrogens with one attached hydrogen (secondary N) is 1. The minimum Gasteiger partial charge on any atom is -0.313 e. The molecular weight excluding hydrogens is 256 g/mol. The summed E-state index contributed by atoms with van der Waals surface area (Å²) < 4.78 is 0. The second-order valence-electron chi connectivity index (χ2n) is 6.96. The van der Waals surface area contributed by atoms with Crippen LogP contribution in [0.4, 0.5) is 0 Å². The molecule has 2 aromatic rings. The zero-order valence-electron chi connectivity index (χ0n) is 12.8. The topological polar surface area (TPSA) is 24.9 Å². The third-order valence-electron chi connectivity index (χ3n) is 5.86. The standard InChI is InChI=1S/C19H24N2/c1-20-19(11-16-10-13-5-6-15(16)9-13)17-4-2-3-14-7-8-21-12-18(14)17/h2-4,7-8,12-13,15-16,19-20H,5-6,9-11H2,1H3. The fraction of sp³-hybridized carbons (Fsp3) is 0.526. The maximum Gasteiger partial charge on any atom is 0.0349 e. The van der Waals surface area contributed by atoms with Crippen molar-refractivity contribution < 1.29 is 0 Å². The van der Waals surface area contributed by atoms with Gasteiger partial charge in [0, 0.05) is 23.8 Å². The van der Waals surface area contributed by atoms with Gasteiger partial charge in [0.25, 0.3) is 0 Å². The second kappa shape index (κ2) is 5.42. The van der Waals surface area contributed by atoms with Crippen LogP contribution in [0.25, 0.3) is 10.8 Å². The van der Waals surface area contributed by atoms with E-state index in [2.05, 4.69) is 41.6 Å². The summed E-state index contributed by atoms with van der Waals surface area (Å²) in [5.74, 6) is 2.96. The van der Waals surface area contributed by atoms with E-state index < -0.39 is 0 Å². The summed E-state index contributed by atoms with van der Waals surface area (Å²) in [5, 5.41) is 6.18. The molecule has 2 nitrogen and oxygen atoms in total. The van der Waals surface area contributed by atoms with E-state index in [9.17, 15) is 0 Å². The number of benzene rings is 1. The summed E-state index contributed by atoms with van der Waals surface area (Å²) in [6.07, 6.45) is 11.1. The Hall–Kier alpha value is -1.41. The molecular formula is C19H24N2. The van der Waals surface area contributed by atoms with Crippen LogP contribution in [0.5, 0.6) is 0 Å². The number of aromatic nitrogens is 1. The molecule has 2 aliphatic carbocycles. The molecule has 2 fully saturated rings. The Labute approximate surface area is 127 Å². The van der Waals surface area contributed by atoms with Crippen LogP contribution in [0.15, 0.2) is 36.7 Å². The maximum absolute atomic E-state index is 4.33. The Kier molecular flexibility index (Phi) is 3.42. The van der Waals surface area contributed by atoms with Gasteiger partial charge in [-0.2, -0.15) is 0 Å². The van der Waals surface area contributed by atoms with Gasteiger partial charge in [0.15, 0.2) is 0 Å². The molecule has 0 radical (unpaired) electrons. The molecule has 0 amide bonds. The molecule has 1 aromatic heterocycles. The summed E-state index contributed by atoms with van der Waals surface area (Å²) in [7, 11) is 2.10. The number of fused-ring (bicyclic) bond motifs is 3. The highest BCUT2D eigenvalue weighted by atomic mass is 14.9. The van der Waals surface area contributed by atoms with E-state index in [0.717, 1.165) is 17.8 Å². The molecule has 21 heavy (non-hydrogen) atoms. The quantitative estimate of drug-likeness (QED) is 0.902. The van der Waals surface area contributed by atoms with Crippen molar-refractivity contribution in [2.45, 2.75) is 38.1 Å². The van der Waals surface area contributed by atoms with Gasteiger partial charge < -0.3 is 5.32 Å². The molecule has 0 aliphatic heterocycles. The predicted octanol–water partition coefficient (Wildman–Crippen LogP) is 4.32. The molecule has 1 heterocycles. The lowest BCUT2D eigenvalue weighted by Gasteiger charge is -2.27. The molecule has 0 saturated heterocycles. The first-order valence-corrected chi connectivity index (χ1v) is 8.35. The molecule has 110 valence electrons. The highest BCUT2D eigenvalue weighted by Gasteiger charge is 2.40. The number of pyridine rings is 1. The van der Waals surface area contributed by atoms with Crippen molar-refractivity contribution in [1.29, 1.82) is 0 Å². The monoisotopic (exact) mass is 280 g/mol. The number of nitrogens with zero attached hydrogens (tertiary/aromatic N) is 1. The summed E-state index contributed by atoms with van der Waals surface area (Å²) in [4.78, 5) is 4.33. The minimum atomic E-state index is 0.460. The van der Waals surface area contributed by atoms with Crippen LogP contribution >= 0.6 is 0 Å². The number of hydrogen-bond donors (Lipinski definition) is 1. The van der Waals surface area contributed by atoms with E-state index >= 15 is 0 Å². The Morgan fingerprint density at radius 3 is 2.95 bits per heavy atom. The lowest BCUT2D eigenvalue weighted by atomic mass is 9.82. The van der Waals surface area contributed by atoms with E-state index in [1.54, 1.807) is 0 Å². The largest absolute Gasteiger partial charge is 0.313 e. The summed E-state index contributed by atoms with van der Waals surface area (Å²) >= 11 is 0. The van der Waals surface area contributed by atoms with Gasteiger partial charge in [-0.25, -0.2) is 0 Å². The average molecular weight is 280 g/mol. The van der Waals surface area contributed by atoms with Crippen molar-refractivity contribution in [3.63, 3.8) is 0 Å². The van der Waals surface area contributed by atoms with Gasteiger partial charge >= 0.3 is 0 Å². The molecule has 1 aromatic carbocycles. The summed E-state index contributed by atoms with van der Waals surface area (Å²) in [5.41, 5.74) is 1.42. The van der Waals surface area contributed by atoms with Gasteiger partial charge in [-0.3, -0.25) is 4.98 Å². The summed E-state index contributed by atoms with van der Waals surface area (Å²) in [6, 6.07) is 9.22. The van der Waals surface area contributed by atoms with E-state index in [0.29, 0.717) is 6.04 Å². The van der Waals surface area contributed by atoms with Crippen LogP contribution in [0.2, 0.25) is 0 Å². The molecule has 4 unspecified atom stereocenters. The average Bonchev–Trinajstić information content (AvgIpc) is 3.15. The van der Waals surface area contributed by atoms with Crippen LogP contribution in [0.1, 0.15) is 43.7 Å². The van der Waals surface area contributed by atoms with Crippen LogP contribution in [0, 0.1) is 17.8 Å². The minimum absolute atomic E-state index is 0.460. The van der Waals surface area contributed by atoms with Gasteiger partial charge in [-0.05, 0) is 67.5 Å². The first-order valence-electron chi connectivity index (χ1n) is 8.35. The zero-order valence-corrected chi connectivity index (χ0v) is 12.8. The van der Waals surface area contributed by atoms with Crippen LogP contribution in [-0.4, -0.2) is 12.0 Å². The highest BCUT2D eigenvalue weighted by molar-refractivity contribution is 5.85. The number of rotatable bonds is 4. The zero-order chi connectivity index (χ0) is 14.2. The predicted molar refractivity (Wildman–Crippen MR) is 87.1 cm³/mol. The fourth-order valence-electron chi connectivity index (χ4n) is 4.81. The molecule has 2 bridgehead atoms. The van der Waals surface area contributed by atoms with E-state index in [-0.39, 0.29) is 0 Å². The molecule has 4 rings (SSSR count). The van der Waals surface area contributed by atoms with Gasteiger partial charge in [-0.15, -0.1) is 0 Å². The normalized spacial score (nSPS) is 29.1. The first-order chi connectivity index (χ1) is 10.3. The van der Waals surface area contributed by atoms with Crippen molar-refractivity contribution in [3.8, 4) is 0 Å². The Morgan fingerprint density at radius 2 is 2.19 bits per heavy atom. The molecule has 4 atom stereocenters. The molecule has 0 spiro atoms. The van der Waals surface area contributed by atoms with Crippen molar-refractivity contribution in [2.24, 2.45) is 17.8 Å². The van der Waals surface area contributed by atoms with E-state index in [1.807, 2.05) is 12.4 Å². The van der Waals surface area contributed by atoms with Crippen molar-refractivity contribution in [3.05, 3.63) is 42.2 Å². The van der Waals surface area contributed by atoms with Gasteiger partial charge in [0.2, 0.25) is 0 Å². The smallest absolute Gasteiger partial charge is 0.0349 e. The Balaban J connectivity index is 1.62. The number of hydrogen-bond acceptors (Lipinski definition) is 2. The van der Waals surface area contributed by atoms with Crippen LogP contribution < -0.4 is 5.32 Å². The third-order valence-corrected chi connectivity index (χ3v) is 5.86. The first kappa shape index (κ1) is 13.3. The Bertz CT molecular complexity index is 631. The SMILES string of the molecule is CNC(CC1CC2CCC1C2)c1cccc2ccncc12. The lowest BCUT2D eigenvalue weighted by Crippen LogP contribution is -2.22. The molecule has 2 heteroatoms. The van der Waals surface area contributed by atoms with Crippen molar-refractivity contribution in [2.75, 3.05) is 7.05 Å². The van der Waals surface area contributed by atoms with Gasteiger partial charge in [-0.1, -0.05) is 24.6 Å². The van der Waals surface area contributed by atoms with E-state index in [1.165, 1.54) is 48.4 Å². The second-order valence-corrected chi connectivity index (χ2v) is 6.96. The molecule has 1 N–H and O–H groups in total.